The van der Waals surface area contributed by atoms with Gasteiger partial charge in [-0.05, 0) is 43.0 Å². The molecule has 3 saturated heterocycles. The molecule has 144 valence electrons. The number of benzene rings is 1. The minimum Gasteiger partial charge on any atom is -0.334 e. The molecule has 0 radical (unpaired) electrons. The molecule has 5 nitrogen and oxygen atoms in total. The Labute approximate surface area is 165 Å². The van der Waals surface area contributed by atoms with Crippen LogP contribution < -0.4 is 0 Å². The smallest absolute Gasteiger partial charge is 0.227 e. The highest BCUT2D eigenvalue weighted by atomic mass is 16.2. The molecule has 2 bridgehead atoms. The molecule has 0 unspecified atom stereocenters. The molecule has 5 heteroatoms. The number of nitrogens with zero attached hydrogens (tertiary/aromatic N) is 4. The molecule has 2 aromatic heterocycles. The Morgan fingerprint density at radius 3 is 2.79 bits per heavy atom. The normalized spacial score (nSPS) is 22.8. The van der Waals surface area contributed by atoms with E-state index >= 15 is 0 Å². The first-order valence-corrected chi connectivity index (χ1v) is 10.2. The zero-order chi connectivity index (χ0) is 19.1. The van der Waals surface area contributed by atoms with Crippen molar-refractivity contribution >= 4 is 11.6 Å². The monoisotopic (exact) mass is 374 g/mol. The lowest BCUT2D eigenvalue weighted by molar-refractivity contribution is -0.140. The standard InChI is InChI=1S/C23H26N4O/c1-17-9-10-26-15-20(24-22(26)11-17)14-25-13-19-7-8-21(16-25)27(23(19)28)12-18-5-3-2-4-6-18/h2-6,9-11,15,19,21H,7-8,12-14,16H2,1H3/t19-,21+/m0/s1. The van der Waals surface area contributed by atoms with Gasteiger partial charge in [0.25, 0.3) is 0 Å². The lowest BCUT2D eigenvalue weighted by Crippen LogP contribution is -2.47. The maximum Gasteiger partial charge on any atom is 0.227 e. The van der Waals surface area contributed by atoms with Gasteiger partial charge in [-0.3, -0.25) is 9.69 Å². The Kier molecular flexibility index (Phi) is 4.40. The Morgan fingerprint density at radius 2 is 1.93 bits per heavy atom. The number of pyridine rings is 1. The van der Waals surface area contributed by atoms with Gasteiger partial charge in [-0.15, -0.1) is 0 Å². The SMILES string of the molecule is Cc1ccn2cc(CN3C[C@@H]4CC[C@H](C3)N(Cc3ccccc3)C4=O)nc2c1. The van der Waals surface area contributed by atoms with Crippen LogP contribution in [0.2, 0.25) is 0 Å². The molecule has 0 aliphatic carbocycles. The van der Waals surface area contributed by atoms with Gasteiger partial charge in [-0.2, -0.15) is 0 Å². The number of fused-ring (bicyclic) bond motifs is 5. The van der Waals surface area contributed by atoms with E-state index in [9.17, 15) is 4.79 Å². The van der Waals surface area contributed by atoms with E-state index in [1.165, 1.54) is 11.1 Å². The Morgan fingerprint density at radius 1 is 1.07 bits per heavy atom. The van der Waals surface area contributed by atoms with E-state index in [1.54, 1.807) is 0 Å². The molecule has 3 fully saturated rings. The van der Waals surface area contributed by atoms with Crippen LogP contribution in [0.4, 0.5) is 0 Å². The van der Waals surface area contributed by atoms with E-state index in [-0.39, 0.29) is 5.92 Å². The summed E-state index contributed by atoms with van der Waals surface area (Å²) in [6.07, 6.45) is 6.29. The van der Waals surface area contributed by atoms with Gasteiger partial charge in [0.15, 0.2) is 0 Å². The van der Waals surface area contributed by atoms with Gasteiger partial charge in [0.05, 0.1) is 11.6 Å². The van der Waals surface area contributed by atoms with Crippen LogP contribution in [-0.4, -0.2) is 44.2 Å². The van der Waals surface area contributed by atoms with E-state index in [2.05, 4.69) is 57.8 Å². The van der Waals surface area contributed by atoms with E-state index in [0.717, 1.165) is 50.4 Å². The largest absolute Gasteiger partial charge is 0.334 e. The van der Waals surface area contributed by atoms with Crippen molar-refractivity contribution in [1.82, 2.24) is 19.2 Å². The second-order valence-corrected chi connectivity index (χ2v) is 8.28. The van der Waals surface area contributed by atoms with Gasteiger partial charge in [0.2, 0.25) is 5.91 Å². The molecule has 3 aliphatic rings. The zero-order valence-electron chi connectivity index (χ0n) is 16.3. The summed E-state index contributed by atoms with van der Waals surface area (Å²) in [5, 5.41) is 0. The van der Waals surface area contributed by atoms with Crippen molar-refractivity contribution in [2.45, 2.75) is 38.9 Å². The van der Waals surface area contributed by atoms with E-state index in [0.29, 0.717) is 11.9 Å². The lowest BCUT2D eigenvalue weighted by atomic mass is 9.93. The van der Waals surface area contributed by atoms with E-state index < -0.39 is 0 Å². The second kappa shape index (κ2) is 7.06. The van der Waals surface area contributed by atoms with Crippen molar-refractivity contribution in [3.8, 4) is 0 Å². The van der Waals surface area contributed by atoms with Crippen LogP contribution in [0.3, 0.4) is 0 Å². The van der Waals surface area contributed by atoms with Gasteiger partial charge in [-0.1, -0.05) is 30.3 Å². The van der Waals surface area contributed by atoms with Gasteiger partial charge in [0.1, 0.15) is 5.65 Å². The highest BCUT2D eigenvalue weighted by Gasteiger charge is 2.40. The van der Waals surface area contributed by atoms with Crippen LogP contribution in [0, 0.1) is 12.8 Å². The quantitative estimate of drug-likeness (QED) is 0.704. The predicted molar refractivity (Wildman–Crippen MR) is 109 cm³/mol. The fraction of sp³-hybridized carbons (Fsp3) is 0.391. The molecule has 0 spiro atoms. The molecule has 6 rings (SSSR count). The third kappa shape index (κ3) is 3.31. The molecular formula is C23H26N4O. The Hall–Kier alpha value is -2.66. The number of hydrogen-bond acceptors (Lipinski definition) is 3. The maximum absolute atomic E-state index is 13.1. The molecule has 2 atom stereocenters. The number of carbonyl (C=O) groups excluding carboxylic acids is 1. The Balaban J connectivity index is 1.34. The average Bonchev–Trinajstić information content (AvgIpc) is 2.90. The minimum atomic E-state index is 0.113. The first kappa shape index (κ1) is 17.4. The number of rotatable bonds is 4. The molecular weight excluding hydrogens is 348 g/mol. The first-order chi connectivity index (χ1) is 13.7. The number of aryl methyl sites for hydroxylation is 1. The third-order valence-corrected chi connectivity index (χ3v) is 6.12. The third-order valence-electron chi connectivity index (χ3n) is 6.12. The molecule has 28 heavy (non-hydrogen) atoms. The van der Waals surface area contributed by atoms with Crippen molar-refractivity contribution in [3.63, 3.8) is 0 Å². The molecule has 5 heterocycles. The zero-order valence-corrected chi connectivity index (χ0v) is 16.3. The van der Waals surface area contributed by atoms with Crippen LogP contribution in [0.5, 0.6) is 0 Å². The minimum absolute atomic E-state index is 0.113. The van der Waals surface area contributed by atoms with Crippen molar-refractivity contribution in [2.24, 2.45) is 5.92 Å². The van der Waals surface area contributed by atoms with Crippen LogP contribution >= 0.6 is 0 Å². The van der Waals surface area contributed by atoms with Crippen molar-refractivity contribution < 1.29 is 4.79 Å². The lowest BCUT2D eigenvalue weighted by Gasteiger charge is -2.36. The van der Waals surface area contributed by atoms with Gasteiger partial charge >= 0.3 is 0 Å². The number of hydrogen-bond donors (Lipinski definition) is 0. The fourth-order valence-corrected chi connectivity index (χ4v) is 4.69. The predicted octanol–water partition coefficient (Wildman–Crippen LogP) is 3.27. The summed E-state index contributed by atoms with van der Waals surface area (Å²) < 4.78 is 2.08. The van der Waals surface area contributed by atoms with Crippen molar-refractivity contribution in [1.29, 1.82) is 0 Å². The molecule has 3 aliphatic heterocycles. The van der Waals surface area contributed by atoms with E-state index in [4.69, 9.17) is 4.98 Å². The highest BCUT2D eigenvalue weighted by molar-refractivity contribution is 5.80. The molecule has 1 aromatic carbocycles. The summed E-state index contributed by atoms with van der Waals surface area (Å²) in [5.41, 5.74) is 4.51. The van der Waals surface area contributed by atoms with Crippen molar-refractivity contribution in [3.05, 3.63) is 71.7 Å². The molecule has 0 N–H and O–H groups in total. The summed E-state index contributed by atoms with van der Waals surface area (Å²) in [6, 6.07) is 14.9. The highest BCUT2D eigenvalue weighted by Crippen LogP contribution is 2.31. The fourth-order valence-electron chi connectivity index (χ4n) is 4.69. The number of imidazole rings is 1. The maximum atomic E-state index is 13.1. The summed E-state index contributed by atoms with van der Waals surface area (Å²) in [7, 11) is 0. The first-order valence-electron chi connectivity index (χ1n) is 10.2. The topological polar surface area (TPSA) is 40.9 Å². The molecule has 3 aromatic rings. The number of amides is 1. The summed E-state index contributed by atoms with van der Waals surface area (Å²) in [5.74, 6) is 0.440. The van der Waals surface area contributed by atoms with Gasteiger partial charge in [0, 0.05) is 44.6 Å². The summed E-state index contributed by atoms with van der Waals surface area (Å²) in [4.78, 5) is 22.4. The molecule has 1 amide bonds. The van der Waals surface area contributed by atoms with Crippen LogP contribution in [-0.2, 0) is 17.9 Å². The number of carbonyl (C=O) groups is 1. The van der Waals surface area contributed by atoms with Crippen LogP contribution in [0.1, 0.15) is 29.7 Å². The number of aromatic nitrogens is 2. The average molecular weight is 374 g/mol. The molecule has 0 saturated carbocycles. The van der Waals surface area contributed by atoms with Gasteiger partial charge in [-0.25, -0.2) is 4.98 Å². The summed E-state index contributed by atoms with van der Waals surface area (Å²) in [6.45, 7) is 5.39. The second-order valence-electron chi connectivity index (χ2n) is 8.28. The van der Waals surface area contributed by atoms with E-state index in [1.807, 2.05) is 18.2 Å². The van der Waals surface area contributed by atoms with Crippen LogP contribution in [0.25, 0.3) is 5.65 Å². The Bertz CT molecular complexity index is 996. The number of piperidine rings is 1. The van der Waals surface area contributed by atoms with Gasteiger partial charge < -0.3 is 9.30 Å². The van der Waals surface area contributed by atoms with Crippen LogP contribution in [0.15, 0.2) is 54.9 Å². The van der Waals surface area contributed by atoms with Crippen molar-refractivity contribution in [2.75, 3.05) is 13.1 Å². The summed E-state index contributed by atoms with van der Waals surface area (Å²) >= 11 is 0.